The van der Waals surface area contributed by atoms with Crippen LogP contribution in [-0.4, -0.2) is 17.6 Å². The molecule has 0 aliphatic carbocycles. The number of aromatic nitrogens is 1. The molecule has 0 spiro atoms. The Bertz CT molecular complexity index is 952. The van der Waals surface area contributed by atoms with Crippen molar-refractivity contribution in [1.82, 2.24) is 4.98 Å². The van der Waals surface area contributed by atoms with Crippen LogP contribution in [0.2, 0.25) is 0 Å². The van der Waals surface area contributed by atoms with Crippen molar-refractivity contribution in [2.45, 2.75) is 33.6 Å². The molecule has 2 aromatic carbocycles. The summed E-state index contributed by atoms with van der Waals surface area (Å²) in [5.41, 5.74) is 6.47. The van der Waals surface area contributed by atoms with Gasteiger partial charge in [0.1, 0.15) is 0 Å². The lowest BCUT2D eigenvalue weighted by Crippen LogP contribution is -2.09. The highest BCUT2D eigenvalue weighted by Crippen LogP contribution is 2.28. The monoisotopic (exact) mass is 374 g/mol. The molecule has 28 heavy (non-hydrogen) atoms. The fraction of sp³-hybridized carbons (Fsp3) is 0.250. The number of benzene rings is 2. The number of carbonyl (C=O) groups is 1. The largest absolute Gasteiger partial charge is 0.462 e. The maximum Gasteiger partial charge on any atom is 0.340 e. The van der Waals surface area contributed by atoms with Crippen molar-refractivity contribution in [1.29, 1.82) is 0 Å². The Balaban J connectivity index is 1.94. The minimum atomic E-state index is -0.315. The van der Waals surface area contributed by atoms with E-state index in [2.05, 4.69) is 42.3 Å². The molecule has 0 fully saturated rings. The molecule has 0 bridgehead atoms. The van der Waals surface area contributed by atoms with Gasteiger partial charge in [-0.25, -0.2) is 4.79 Å². The molecule has 0 saturated carbocycles. The quantitative estimate of drug-likeness (QED) is 0.532. The van der Waals surface area contributed by atoms with Gasteiger partial charge in [0.15, 0.2) is 0 Å². The first-order valence-corrected chi connectivity index (χ1v) is 9.77. The van der Waals surface area contributed by atoms with Crippen molar-refractivity contribution < 1.29 is 9.53 Å². The number of hydrogen-bond acceptors (Lipinski definition) is 4. The van der Waals surface area contributed by atoms with Gasteiger partial charge < -0.3 is 10.1 Å². The van der Waals surface area contributed by atoms with Crippen molar-refractivity contribution in [2.24, 2.45) is 0 Å². The summed E-state index contributed by atoms with van der Waals surface area (Å²) < 4.78 is 5.23. The smallest absolute Gasteiger partial charge is 0.340 e. The van der Waals surface area contributed by atoms with Gasteiger partial charge in [-0.3, -0.25) is 4.98 Å². The van der Waals surface area contributed by atoms with E-state index >= 15 is 0 Å². The number of esters is 1. The Morgan fingerprint density at radius 1 is 1.00 bits per heavy atom. The van der Waals surface area contributed by atoms with Crippen LogP contribution in [0, 0.1) is 0 Å². The van der Waals surface area contributed by atoms with E-state index in [4.69, 9.17) is 4.74 Å². The third kappa shape index (κ3) is 4.39. The lowest BCUT2D eigenvalue weighted by Gasteiger charge is -2.15. The van der Waals surface area contributed by atoms with E-state index in [9.17, 15) is 4.79 Å². The fourth-order valence-corrected chi connectivity index (χ4v) is 3.16. The number of ether oxygens (including phenoxy) is 1. The zero-order chi connectivity index (χ0) is 19.9. The highest BCUT2D eigenvalue weighted by Gasteiger charge is 2.14. The van der Waals surface area contributed by atoms with Crippen LogP contribution in [-0.2, 0) is 17.6 Å². The molecule has 1 heterocycles. The van der Waals surface area contributed by atoms with Gasteiger partial charge in [-0.1, -0.05) is 50.2 Å². The van der Waals surface area contributed by atoms with Gasteiger partial charge in [-0.2, -0.15) is 0 Å². The normalized spacial score (nSPS) is 10.5. The van der Waals surface area contributed by atoms with Crippen molar-refractivity contribution >= 4 is 17.3 Å². The first-order chi connectivity index (χ1) is 13.7. The number of nitrogens with zero attached hydrogens (tertiary/aromatic N) is 1. The van der Waals surface area contributed by atoms with Gasteiger partial charge in [-0.05, 0) is 49.1 Å². The summed E-state index contributed by atoms with van der Waals surface area (Å²) in [5, 5.41) is 3.35. The van der Waals surface area contributed by atoms with Crippen LogP contribution in [0.25, 0.3) is 11.3 Å². The minimum absolute atomic E-state index is 0.315. The molecule has 0 atom stereocenters. The van der Waals surface area contributed by atoms with Crippen molar-refractivity contribution in [3.05, 3.63) is 77.5 Å². The van der Waals surface area contributed by atoms with Crippen LogP contribution >= 0.6 is 0 Å². The minimum Gasteiger partial charge on any atom is -0.462 e. The highest BCUT2D eigenvalue weighted by atomic mass is 16.5. The Morgan fingerprint density at radius 3 is 2.46 bits per heavy atom. The van der Waals surface area contributed by atoms with Gasteiger partial charge in [0, 0.05) is 5.56 Å². The van der Waals surface area contributed by atoms with Gasteiger partial charge in [-0.15, -0.1) is 0 Å². The van der Waals surface area contributed by atoms with E-state index in [1.54, 1.807) is 0 Å². The Morgan fingerprint density at radius 2 is 1.79 bits per heavy atom. The van der Waals surface area contributed by atoms with Crippen LogP contribution in [0.3, 0.4) is 0 Å². The van der Waals surface area contributed by atoms with E-state index in [1.807, 2.05) is 49.5 Å². The summed E-state index contributed by atoms with van der Waals surface area (Å²) in [6.07, 6.45) is 3.54. The van der Waals surface area contributed by atoms with Gasteiger partial charge >= 0.3 is 5.97 Å². The molecule has 0 radical (unpaired) electrons. The Labute approximate surface area is 166 Å². The number of pyridine rings is 1. The molecule has 3 aromatic rings. The Hall–Kier alpha value is -3.14. The van der Waals surface area contributed by atoms with Crippen LogP contribution in [0.4, 0.5) is 11.4 Å². The third-order valence-corrected chi connectivity index (χ3v) is 4.66. The van der Waals surface area contributed by atoms with Crippen molar-refractivity contribution in [3.63, 3.8) is 0 Å². The SMILES string of the molecule is CCOC(=O)c1cc(CC)ccc1Nc1cnc(-c2ccccc2)c(CC)c1. The van der Waals surface area contributed by atoms with Crippen molar-refractivity contribution in [2.75, 3.05) is 11.9 Å². The predicted molar refractivity (Wildman–Crippen MR) is 114 cm³/mol. The maximum absolute atomic E-state index is 12.4. The first kappa shape index (κ1) is 19.6. The molecule has 144 valence electrons. The molecule has 4 heteroatoms. The lowest BCUT2D eigenvalue weighted by atomic mass is 10.0. The van der Waals surface area contributed by atoms with Gasteiger partial charge in [0.25, 0.3) is 0 Å². The van der Waals surface area contributed by atoms with Crippen LogP contribution < -0.4 is 5.32 Å². The summed E-state index contributed by atoms with van der Waals surface area (Å²) >= 11 is 0. The van der Waals surface area contributed by atoms with E-state index in [0.29, 0.717) is 12.2 Å². The summed E-state index contributed by atoms with van der Waals surface area (Å²) in [5.74, 6) is -0.315. The summed E-state index contributed by atoms with van der Waals surface area (Å²) in [6.45, 7) is 6.35. The molecule has 0 saturated heterocycles. The fourth-order valence-electron chi connectivity index (χ4n) is 3.16. The van der Waals surface area contributed by atoms with Crippen LogP contribution in [0.5, 0.6) is 0 Å². The average Bonchev–Trinajstić information content (AvgIpc) is 2.74. The zero-order valence-electron chi connectivity index (χ0n) is 16.7. The van der Waals surface area contributed by atoms with E-state index in [0.717, 1.165) is 46.6 Å². The van der Waals surface area contributed by atoms with Crippen LogP contribution in [0.15, 0.2) is 60.8 Å². The number of carbonyl (C=O) groups excluding carboxylic acids is 1. The van der Waals surface area contributed by atoms with Crippen molar-refractivity contribution in [3.8, 4) is 11.3 Å². The molecular formula is C24H26N2O2. The van der Waals surface area contributed by atoms with Crippen LogP contribution in [0.1, 0.15) is 42.3 Å². The van der Waals surface area contributed by atoms with E-state index in [-0.39, 0.29) is 5.97 Å². The second-order valence-corrected chi connectivity index (χ2v) is 6.53. The first-order valence-electron chi connectivity index (χ1n) is 9.77. The molecule has 4 nitrogen and oxygen atoms in total. The third-order valence-electron chi connectivity index (χ3n) is 4.66. The molecule has 1 aromatic heterocycles. The van der Waals surface area contributed by atoms with Gasteiger partial charge in [0.2, 0.25) is 0 Å². The summed E-state index contributed by atoms with van der Waals surface area (Å²) in [6, 6.07) is 18.1. The summed E-state index contributed by atoms with van der Waals surface area (Å²) in [4.78, 5) is 17.1. The number of anilines is 2. The number of aryl methyl sites for hydroxylation is 2. The molecular weight excluding hydrogens is 348 g/mol. The standard InChI is InChI=1S/C24H26N2O2/c1-4-17-12-13-22(21(14-17)24(27)28-6-3)26-20-15-18(5-2)23(25-16-20)19-10-8-7-9-11-19/h7-16,26H,4-6H2,1-3H3. The zero-order valence-corrected chi connectivity index (χ0v) is 16.7. The van der Waals surface area contributed by atoms with E-state index < -0.39 is 0 Å². The Kier molecular flexibility index (Phi) is 6.43. The number of hydrogen-bond donors (Lipinski definition) is 1. The second kappa shape index (κ2) is 9.18. The summed E-state index contributed by atoms with van der Waals surface area (Å²) in [7, 11) is 0. The molecule has 0 amide bonds. The topological polar surface area (TPSA) is 51.2 Å². The molecule has 0 aliphatic heterocycles. The molecule has 1 N–H and O–H groups in total. The predicted octanol–water partition coefficient (Wildman–Crippen LogP) is 5.79. The lowest BCUT2D eigenvalue weighted by molar-refractivity contribution is 0.0527. The highest BCUT2D eigenvalue weighted by molar-refractivity contribution is 5.96. The molecule has 0 unspecified atom stereocenters. The number of nitrogens with one attached hydrogen (secondary N) is 1. The second-order valence-electron chi connectivity index (χ2n) is 6.53. The van der Waals surface area contributed by atoms with Gasteiger partial charge in [0.05, 0.1) is 35.4 Å². The maximum atomic E-state index is 12.4. The van der Waals surface area contributed by atoms with E-state index in [1.165, 1.54) is 0 Å². The number of rotatable bonds is 7. The average molecular weight is 374 g/mol. The molecule has 0 aliphatic rings. The molecule has 3 rings (SSSR count).